The molecule has 17 heavy (non-hydrogen) atoms. The van der Waals surface area contributed by atoms with E-state index in [1.54, 1.807) is 7.11 Å². The van der Waals surface area contributed by atoms with Crippen LogP contribution in [0.2, 0.25) is 0 Å². The highest BCUT2D eigenvalue weighted by molar-refractivity contribution is 9.10. The first-order chi connectivity index (χ1) is 8.20. The van der Waals surface area contributed by atoms with Gasteiger partial charge in [0, 0.05) is 16.3 Å². The molecule has 0 saturated heterocycles. The molecule has 4 heteroatoms. The van der Waals surface area contributed by atoms with Gasteiger partial charge in [-0.1, -0.05) is 0 Å². The summed E-state index contributed by atoms with van der Waals surface area (Å²) >= 11 is 3.51. The average molecular weight is 294 g/mol. The summed E-state index contributed by atoms with van der Waals surface area (Å²) in [7, 11) is 1.65. The van der Waals surface area contributed by atoms with Crippen LogP contribution in [0, 0.1) is 0 Å². The van der Waals surface area contributed by atoms with Crippen molar-refractivity contribution in [2.45, 2.75) is 19.3 Å². The van der Waals surface area contributed by atoms with Crippen LogP contribution in [0.5, 0.6) is 5.75 Å². The molecule has 1 aromatic heterocycles. The number of hydrogen-bond acceptors (Lipinski definition) is 2. The Hall–Kier alpha value is -1.29. The molecule has 0 radical (unpaired) electrons. The highest BCUT2D eigenvalue weighted by Gasteiger charge is 2.23. The fourth-order valence-corrected chi connectivity index (χ4v) is 2.99. The molecule has 1 aliphatic carbocycles. The maximum Gasteiger partial charge on any atom is 0.179 e. The van der Waals surface area contributed by atoms with Gasteiger partial charge in [-0.25, -0.2) is 0 Å². The summed E-state index contributed by atoms with van der Waals surface area (Å²) in [6, 6.07) is 3.91. The Balaban J connectivity index is 2.34. The monoisotopic (exact) mass is 293 g/mol. The van der Waals surface area contributed by atoms with Crippen molar-refractivity contribution in [3.05, 3.63) is 27.9 Å². The zero-order valence-corrected chi connectivity index (χ0v) is 11.1. The van der Waals surface area contributed by atoms with Gasteiger partial charge in [0.25, 0.3) is 0 Å². The number of hydrogen-bond donors (Lipinski definition) is 1. The number of rotatable bonds is 1. The smallest absolute Gasteiger partial charge is 0.179 e. The number of H-pyrrole nitrogens is 1. The van der Waals surface area contributed by atoms with Gasteiger partial charge >= 0.3 is 0 Å². The number of benzene rings is 1. The summed E-state index contributed by atoms with van der Waals surface area (Å²) < 4.78 is 6.20. The lowest BCUT2D eigenvalue weighted by atomic mass is 9.95. The van der Waals surface area contributed by atoms with Crippen LogP contribution in [0.4, 0.5) is 0 Å². The molecule has 0 fully saturated rings. The highest BCUT2D eigenvalue weighted by atomic mass is 79.9. The van der Waals surface area contributed by atoms with E-state index < -0.39 is 0 Å². The minimum atomic E-state index is 0.216. The Morgan fingerprint density at radius 2 is 2.18 bits per heavy atom. The van der Waals surface area contributed by atoms with E-state index in [2.05, 4.69) is 20.9 Å². The van der Waals surface area contributed by atoms with E-state index in [0.29, 0.717) is 6.42 Å². The van der Waals surface area contributed by atoms with Gasteiger partial charge in [-0.15, -0.1) is 0 Å². The van der Waals surface area contributed by atoms with E-state index in [-0.39, 0.29) is 5.78 Å². The molecule has 2 aromatic rings. The first-order valence-corrected chi connectivity index (χ1v) is 6.41. The summed E-state index contributed by atoms with van der Waals surface area (Å²) in [5.41, 5.74) is 2.90. The molecular formula is C13H12BrNO2. The molecule has 88 valence electrons. The van der Waals surface area contributed by atoms with Crippen LogP contribution < -0.4 is 4.74 Å². The number of aryl methyl sites for hydroxylation is 1. The number of aromatic amines is 1. The van der Waals surface area contributed by atoms with Crippen LogP contribution in [0.1, 0.15) is 28.9 Å². The molecule has 1 aromatic carbocycles. The summed E-state index contributed by atoms with van der Waals surface area (Å²) in [5.74, 6) is 1.03. The van der Waals surface area contributed by atoms with Gasteiger partial charge in [0.1, 0.15) is 5.75 Å². The Labute approximate surface area is 107 Å². The number of carbonyl (C=O) groups excluding carboxylic acids is 1. The van der Waals surface area contributed by atoms with Crippen molar-refractivity contribution in [1.29, 1.82) is 0 Å². The molecule has 3 nitrogen and oxygen atoms in total. The zero-order valence-electron chi connectivity index (χ0n) is 9.47. The minimum absolute atomic E-state index is 0.216. The van der Waals surface area contributed by atoms with E-state index in [0.717, 1.165) is 45.2 Å². The van der Waals surface area contributed by atoms with Crippen molar-refractivity contribution in [2.75, 3.05) is 7.11 Å². The van der Waals surface area contributed by atoms with Crippen molar-refractivity contribution in [2.24, 2.45) is 0 Å². The zero-order chi connectivity index (χ0) is 12.0. The molecule has 3 rings (SSSR count). The molecule has 0 unspecified atom stereocenters. The van der Waals surface area contributed by atoms with Gasteiger partial charge in [-0.3, -0.25) is 4.79 Å². The third kappa shape index (κ3) is 1.59. The van der Waals surface area contributed by atoms with Gasteiger partial charge in [0.2, 0.25) is 0 Å². The second-order valence-electron chi connectivity index (χ2n) is 4.29. The molecular weight excluding hydrogens is 282 g/mol. The van der Waals surface area contributed by atoms with Crippen LogP contribution in [0.15, 0.2) is 16.6 Å². The second kappa shape index (κ2) is 3.88. The van der Waals surface area contributed by atoms with E-state index in [4.69, 9.17) is 4.74 Å². The fourth-order valence-electron chi connectivity index (χ4n) is 2.45. The number of halogens is 1. The van der Waals surface area contributed by atoms with E-state index in [1.165, 1.54) is 0 Å². The van der Waals surface area contributed by atoms with Crippen molar-refractivity contribution >= 4 is 32.6 Å². The standard InChI is InChI=1S/C13H12BrNO2/c1-17-7-5-9-8-3-2-4-11(16)13(8)15-12(9)10(14)6-7/h5-6,15H,2-4H2,1H3. The SMILES string of the molecule is COc1cc(Br)c2[nH]c3c(c2c1)CCCC3=O. The largest absolute Gasteiger partial charge is 0.497 e. The predicted octanol–water partition coefficient (Wildman–Crippen LogP) is 3.46. The van der Waals surface area contributed by atoms with Crippen molar-refractivity contribution < 1.29 is 9.53 Å². The van der Waals surface area contributed by atoms with Crippen molar-refractivity contribution in [1.82, 2.24) is 4.98 Å². The summed E-state index contributed by atoms with van der Waals surface area (Å²) in [6.07, 6.45) is 2.54. The lowest BCUT2D eigenvalue weighted by Gasteiger charge is -2.09. The van der Waals surface area contributed by atoms with Gasteiger partial charge < -0.3 is 9.72 Å². The maximum atomic E-state index is 11.8. The normalized spacial score (nSPS) is 15.1. The number of aromatic nitrogens is 1. The number of carbonyl (C=O) groups is 1. The van der Waals surface area contributed by atoms with Crippen LogP contribution >= 0.6 is 15.9 Å². The van der Waals surface area contributed by atoms with E-state index in [9.17, 15) is 4.79 Å². The molecule has 0 amide bonds. The number of ether oxygens (including phenoxy) is 1. The third-order valence-electron chi connectivity index (χ3n) is 3.29. The molecule has 0 spiro atoms. The van der Waals surface area contributed by atoms with Gasteiger partial charge in [0.05, 0.1) is 18.3 Å². The Kier molecular flexibility index (Phi) is 2.47. The van der Waals surface area contributed by atoms with Crippen LogP contribution in [-0.2, 0) is 6.42 Å². The number of methoxy groups -OCH3 is 1. The van der Waals surface area contributed by atoms with Crippen molar-refractivity contribution in [3.8, 4) is 5.75 Å². The number of nitrogens with one attached hydrogen (secondary N) is 1. The lowest BCUT2D eigenvalue weighted by molar-refractivity contribution is 0.0968. The van der Waals surface area contributed by atoms with Crippen LogP contribution in [0.25, 0.3) is 10.9 Å². The van der Waals surface area contributed by atoms with E-state index >= 15 is 0 Å². The van der Waals surface area contributed by atoms with Crippen molar-refractivity contribution in [3.63, 3.8) is 0 Å². The van der Waals surface area contributed by atoms with Crippen LogP contribution in [-0.4, -0.2) is 17.9 Å². The molecule has 0 saturated carbocycles. The van der Waals surface area contributed by atoms with Crippen LogP contribution in [0.3, 0.4) is 0 Å². The molecule has 1 heterocycles. The molecule has 1 N–H and O–H groups in total. The van der Waals surface area contributed by atoms with Gasteiger partial charge in [0.15, 0.2) is 5.78 Å². The average Bonchev–Trinajstić information content (AvgIpc) is 2.70. The lowest BCUT2D eigenvalue weighted by Crippen LogP contribution is -2.09. The Bertz CT molecular complexity index is 615. The quantitative estimate of drug-likeness (QED) is 0.875. The topological polar surface area (TPSA) is 42.1 Å². The Morgan fingerprint density at radius 3 is 2.94 bits per heavy atom. The number of fused-ring (bicyclic) bond motifs is 3. The first kappa shape index (κ1) is 10.8. The second-order valence-corrected chi connectivity index (χ2v) is 5.14. The molecule has 1 aliphatic rings. The molecule has 0 bridgehead atoms. The molecule has 0 aliphatic heterocycles. The maximum absolute atomic E-state index is 11.8. The number of Topliss-reactive ketones (excluding diaryl/α,β-unsaturated/α-hetero) is 1. The summed E-state index contributed by atoms with van der Waals surface area (Å²) in [4.78, 5) is 15.1. The third-order valence-corrected chi connectivity index (χ3v) is 3.91. The number of ketones is 1. The molecule has 0 atom stereocenters. The summed E-state index contributed by atoms with van der Waals surface area (Å²) in [5, 5.41) is 1.10. The summed E-state index contributed by atoms with van der Waals surface area (Å²) in [6.45, 7) is 0. The minimum Gasteiger partial charge on any atom is -0.497 e. The Morgan fingerprint density at radius 1 is 1.35 bits per heavy atom. The van der Waals surface area contributed by atoms with Gasteiger partial charge in [-0.05, 0) is 46.5 Å². The highest BCUT2D eigenvalue weighted by Crippen LogP contribution is 2.35. The fraction of sp³-hybridized carbons (Fsp3) is 0.308. The van der Waals surface area contributed by atoms with Gasteiger partial charge in [-0.2, -0.15) is 0 Å². The van der Waals surface area contributed by atoms with E-state index in [1.807, 2.05) is 12.1 Å². The first-order valence-electron chi connectivity index (χ1n) is 5.62. The predicted molar refractivity (Wildman–Crippen MR) is 69.8 cm³/mol.